The number of carboxylic acid groups (broad SMARTS) is 2. The van der Waals surface area contributed by atoms with Crippen molar-refractivity contribution in [3.63, 3.8) is 0 Å². The Hall–Kier alpha value is -3.69. The Morgan fingerprint density at radius 2 is 1.51 bits per heavy atom. The van der Waals surface area contributed by atoms with Gasteiger partial charge in [0.15, 0.2) is 0 Å². The van der Waals surface area contributed by atoms with E-state index in [-0.39, 0.29) is 70.8 Å². The number of unbranched alkanes of at least 4 members (excludes halogenated alkanes) is 3. The monoisotopic (exact) mass is 845 g/mol. The Bertz CT molecular complexity index is 1870. The Morgan fingerprint density at radius 3 is 2.20 bits per heavy atom. The van der Waals surface area contributed by atoms with Crippen LogP contribution in [-0.4, -0.2) is 52.6 Å². The molecule has 338 valence electrons. The van der Waals surface area contributed by atoms with E-state index in [1.807, 2.05) is 24.3 Å². The topological polar surface area (TPSA) is 159 Å². The van der Waals surface area contributed by atoms with Gasteiger partial charge in [-0.15, -0.1) is 0 Å². The molecule has 1 aromatic rings. The summed E-state index contributed by atoms with van der Waals surface area (Å²) in [6, 6.07) is 7.52. The SMILES string of the molecule is C=C(C)[C@@H]1CC[C@]2(C(=O)NCc3ccccc3C(=O)NCCCCCCC(=O)O)CC[C@]3(C)[C@H](CC[C@@H]4[C@@]5(C)CC[C@H](OC(=O)CC(C)(C)C(=O)O)C(C)(C)[C@@H]5CC[C@]43C)[C@@H]12. The number of ether oxygens (including phenoxy) is 1. The predicted molar refractivity (Wildman–Crippen MR) is 236 cm³/mol. The van der Waals surface area contributed by atoms with Crippen LogP contribution in [0, 0.1) is 62.1 Å². The van der Waals surface area contributed by atoms with Crippen LogP contribution in [0.2, 0.25) is 0 Å². The average Bonchev–Trinajstić information content (AvgIpc) is 3.59. The summed E-state index contributed by atoms with van der Waals surface area (Å²) in [5.74, 6) is -0.540. The van der Waals surface area contributed by atoms with E-state index in [4.69, 9.17) is 9.84 Å². The third kappa shape index (κ3) is 8.44. The molecule has 10 heteroatoms. The molecule has 0 heterocycles. The zero-order valence-electron chi connectivity index (χ0n) is 38.6. The predicted octanol–water partition coefficient (Wildman–Crippen LogP) is 10.1. The normalized spacial score (nSPS) is 35.0. The summed E-state index contributed by atoms with van der Waals surface area (Å²) in [7, 11) is 0. The fourth-order valence-electron chi connectivity index (χ4n) is 14.7. The van der Waals surface area contributed by atoms with Gasteiger partial charge >= 0.3 is 17.9 Å². The third-order valence-electron chi connectivity index (χ3n) is 18.2. The van der Waals surface area contributed by atoms with Crippen molar-refractivity contribution in [3.8, 4) is 0 Å². The molecule has 10 atom stereocenters. The molecule has 0 radical (unpaired) electrons. The number of amides is 2. The van der Waals surface area contributed by atoms with Crippen LogP contribution in [0.1, 0.15) is 174 Å². The molecule has 5 fully saturated rings. The van der Waals surface area contributed by atoms with Crippen molar-refractivity contribution < 1.29 is 38.9 Å². The van der Waals surface area contributed by atoms with Crippen LogP contribution in [0.5, 0.6) is 0 Å². The summed E-state index contributed by atoms with van der Waals surface area (Å²) < 4.78 is 6.19. The van der Waals surface area contributed by atoms with Gasteiger partial charge < -0.3 is 25.6 Å². The molecule has 0 aliphatic heterocycles. The molecule has 10 nitrogen and oxygen atoms in total. The number of nitrogens with one attached hydrogen (secondary N) is 2. The smallest absolute Gasteiger partial charge is 0.309 e. The van der Waals surface area contributed by atoms with E-state index in [1.165, 1.54) is 5.57 Å². The maximum absolute atomic E-state index is 14.9. The van der Waals surface area contributed by atoms with Crippen LogP contribution in [-0.2, 0) is 30.5 Å². The number of carbonyl (C=O) groups excluding carboxylic acids is 3. The summed E-state index contributed by atoms with van der Waals surface area (Å²) in [5, 5.41) is 24.9. The lowest BCUT2D eigenvalue weighted by atomic mass is 9.32. The van der Waals surface area contributed by atoms with Gasteiger partial charge in [0.05, 0.1) is 17.3 Å². The third-order valence-corrected chi connectivity index (χ3v) is 18.2. The summed E-state index contributed by atoms with van der Waals surface area (Å²) in [5.41, 5.74) is 0.788. The first kappa shape index (κ1) is 46.8. The van der Waals surface area contributed by atoms with E-state index in [0.717, 1.165) is 89.0 Å². The molecule has 1 aromatic carbocycles. The van der Waals surface area contributed by atoms with Gasteiger partial charge in [0, 0.05) is 30.5 Å². The number of benzene rings is 1. The van der Waals surface area contributed by atoms with Crippen LogP contribution >= 0.6 is 0 Å². The second-order valence-corrected chi connectivity index (χ2v) is 22.2. The molecule has 4 N–H and O–H groups in total. The van der Waals surface area contributed by atoms with Crippen LogP contribution in [0.3, 0.4) is 0 Å². The van der Waals surface area contributed by atoms with Gasteiger partial charge in [0.25, 0.3) is 5.91 Å². The Kier molecular flexibility index (Phi) is 13.4. The first-order chi connectivity index (χ1) is 28.5. The largest absolute Gasteiger partial charge is 0.481 e. The minimum Gasteiger partial charge on any atom is -0.481 e. The molecule has 0 spiro atoms. The highest BCUT2D eigenvalue weighted by Gasteiger charge is 2.72. The van der Waals surface area contributed by atoms with Crippen molar-refractivity contribution in [2.24, 2.45) is 62.1 Å². The van der Waals surface area contributed by atoms with Crippen molar-refractivity contribution in [1.82, 2.24) is 10.6 Å². The molecule has 2 amide bonds. The van der Waals surface area contributed by atoms with E-state index in [1.54, 1.807) is 13.8 Å². The van der Waals surface area contributed by atoms with Crippen molar-refractivity contribution in [1.29, 1.82) is 0 Å². The molecular formula is C51H76N2O8. The molecule has 0 unspecified atom stereocenters. The van der Waals surface area contributed by atoms with Gasteiger partial charge in [-0.1, -0.05) is 77.8 Å². The number of hydrogen-bond donors (Lipinski definition) is 4. The van der Waals surface area contributed by atoms with Gasteiger partial charge in [-0.3, -0.25) is 24.0 Å². The maximum atomic E-state index is 14.9. The summed E-state index contributed by atoms with van der Waals surface area (Å²) >= 11 is 0. The quantitative estimate of drug-likeness (QED) is 0.0727. The Balaban J connectivity index is 1.16. The standard InChI is InChI=1S/C51H76N2O8/c1-32(2)34-21-26-51(44(58)53-31-33-16-13-14-17-35(33)43(57)52-29-15-11-10-12-18-40(54)55)28-27-49(8)36(42(34)51)19-20-38-48(7)24-23-39(61-41(56)30-46(3,4)45(59)60)47(5,6)37(48)22-25-50(38,49)9/h13-14,16-17,34,36-39,42H,1,10-12,15,18-31H2,2-9H3,(H,52,57)(H,53,58)(H,54,55)(H,59,60)/t34-,36+,37-,38+,39-,42+,48-,49+,50+,51-/m0/s1. The fraction of sp³-hybridized carbons (Fsp3) is 0.745. The second kappa shape index (κ2) is 17.5. The van der Waals surface area contributed by atoms with E-state index in [9.17, 15) is 29.1 Å². The van der Waals surface area contributed by atoms with Crippen LogP contribution in [0.4, 0.5) is 0 Å². The molecule has 0 saturated heterocycles. The lowest BCUT2D eigenvalue weighted by molar-refractivity contribution is -0.249. The number of carboxylic acids is 2. The van der Waals surface area contributed by atoms with Gasteiger partial charge in [0.1, 0.15) is 6.10 Å². The number of rotatable bonds is 16. The first-order valence-corrected chi connectivity index (χ1v) is 23.5. The number of allylic oxidation sites excluding steroid dienone is 1. The van der Waals surface area contributed by atoms with E-state index < -0.39 is 28.7 Å². The molecule has 5 saturated carbocycles. The van der Waals surface area contributed by atoms with Gasteiger partial charge in [-0.25, -0.2) is 0 Å². The fourth-order valence-corrected chi connectivity index (χ4v) is 14.7. The van der Waals surface area contributed by atoms with Crippen LogP contribution in [0.25, 0.3) is 0 Å². The second-order valence-electron chi connectivity index (χ2n) is 22.2. The molecule has 0 aromatic heterocycles. The molecule has 5 aliphatic rings. The van der Waals surface area contributed by atoms with E-state index in [0.29, 0.717) is 36.3 Å². The van der Waals surface area contributed by atoms with Crippen LogP contribution < -0.4 is 10.6 Å². The van der Waals surface area contributed by atoms with Crippen molar-refractivity contribution in [3.05, 3.63) is 47.5 Å². The molecule has 0 bridgehead atoms. The minimum absolute atomic E-state index is 0.0349. The summed E-state index contributed by atoms with van der Waals surface area (Å²) in [4.78, 5) is 64.0. The number of hydrogen-bond acceptors (Lipinski definition) is 6. The number of esters is 1. The first-order valence-electron chi connectivity index (χ1n) is 23.5. The summed E-state index contributed by atoms with van der Waals surface area (Å²) in [6.45, 7) is 22.9. The van der Waals surface area contributed by atoms with Gasteiger partial charge in [0.2, 0.25) is 5.91 Å². The molecule has 61 heavy (non-hydrogen) atoms. The molecule has 6 rings (SSSR count). The molecule has 5 aliphatic carbocycles. The van der Waals surface area contributed by atoms with Gasteiger partial charge in [-0.2, -0.15) is 0 Å². The Labute approximate surface area is 365 Å². The zero-order chi connectivity index (χ0) is 44.8. The summed E-state index contributed by atoms with van der Waals surface area (Å²) in [6.07, 6.45) is 12.6. The van der Waals surface area contributed by atoms with Crippen molar-refractivity contribution in [2.45, 2.75) is 171 Å². The zero-order valence-corrected chi connectivity index (χ0v) is 38.6. The highest BCUT2D eigenvalue weighted by atomic mass is 16.5. The Morgan fingerprint density at radius 1 is 0.803 bits per heavy atom. The molecular weight excluding hydrogens is 769 g/mol. The average molecular weight is 845 g/mol. The lowest BCUT2D eigenvalue weighted by Gasteiger charge is -2.72. The lowest BCUT2D eigenvalue weighted by Crippen LogP contribution is -2.67. The van der Waals surface area contributed by atoms with Crippen molar-refractivity contribution in [2.75, 3.05) is 6.54 Å². The van der Waals surface area contributed by atoms with E-state index >= 15 is 0 Å². The van der Waals surface area contributed by atoms with Crippen molar-refractivity contribution >= 4 is 29.7 Å². The van der Waals surface area contributed by atoms with Gasteiger partial charge in [-0.05, 0) is 155 Å². The number of aliphatic carboxylic acids is 2. The highest BCUT2D eigenvalue weighted by Crippen LogP contribution is 2.77. The number of carbonyl (C=O) groups is 5. The number of fused-ring (bicyclic) bond motifs is 7. The van der Waals surface area contributed by atoms with Crippen LogP contribution in [0.15, 0.2) is 36.4 Å². The minimum atomic E-state index is -1.18. The highest BCUT2D eigenvalue weighted by molar-refractivity contribution is 5.96. The van der Waals surface area contributed by atoms with E-state index in [2.05, 4.69) is 58.8 Å². The maximum Gasteiger partial charge on any atom is 0.309 e.